The van der Waals surface area contributed by atoms with E-state index in [1.165, 1.54) is 24.3 Å². The Morgan fingerprint density at radius 2 is 1.77 bits per heavy atom. The third-order valence-corrected chi connectivity index (χ3v) is 2.90. The van der Waals surface area contributed by atoms with Crippen molar-refractivity contribution in [3.05, 3.63) is 70.3 Å². The number of carbonyl (C=O) groups excluding carboxylic acids is 1. The molecule has 0 saturated heterocycles. The zero-order valence-electron chi connectivity index (χ0n) is 12.0. The van der Waals surface area contributed by atoms with Crippen LogP contribution in [0.25, 0.3) is 0 Å². The molecule has 1 atom stereocenters. The van der Waals surface area contributed by atoms with Crippen LogP contribution in [0.2, 0.25) is 0 Å². The maximum absolute atomic E-state index is 12.1. The lowest BCUT2D eigenvalue weighted by molar-refractivity contribution is -0.384. The van der Waals surface area contributed by atoms with Gasteiger partial charge in [-0.1, -0.05) is 30.3 Å². The highest BCUT2D eigenvalue weighted by Crippen LogP contribution is 2.25. The van der Waals surface area contributed by atoms with Crippen molar-refractivity contribution in [1.29, 1.82) is 0 Å². The van der Waals surface area contributed by atoms with Crippen LogP contribution in [0.1, 0.15) is 18.6 Å². The normalized spacial score (nSPS) is 11.5. The molecule has 0 radical (unpaired) electrons. The molecule has 0 aliphatic rings. The third kappa shape index (κ3) is 3.82. The van der Waals surface area contributed by atoms with E-state index in [1.54, 1.807) is 31.2 Å². The summed E-state index contributed by atoms with van der Waals surface area (Å²) in [4.78, 5) is 22.2. The van der Waals surface area contributed by atoms with Gasteiger partial charge < -0.3 is 9.47 Å². The average Bonchev–Trinajstić information content (AvgIpc) is 2.54. The largest absolute Gasteiger partial charge is 0.474 e. The number of nitrogens with zero attached hydrogens (tertiary/aromatic N) is 1. The molecule has 0 heterocycles. The van der Waals surface area contributed by atoms with Crippen molar-refractivity contribution in [3.8, 4) is 5.75 Å². The molecule has 0 aliphatic carbocycles. The number of non-ortho nitro benzene ring substituents is 1. The fraction of sp³-hybridized carbons (Fsp3) is 0.188. The van der Waals surface area contributed by atoms with E-state index >= 15 is 0 Å². The molecular formula is C16H15NO5. The first-order valence-corrected chi connectivity index (χ1v) is 6.74. The molecule has 0 bridgehead atoms. The minimum Gasteiger partial charge on any atom is -0.474 e. The summed E-state index contributed by atoms with van der Waals surface area (Å²) in [5, 5.41) is 10.6. The predicted octanol–water partition coefficient (Wildman–Crippen LogP) is 3.28. The maximum atomic E-state index is 12.1. The van der Waals surface area contributed by atoms with Crippen LogP contribution in [0.4, 0.5) is 5.69 Å². The summed E-state index contributed by atoms with van der Waals surface area (Å²) in [6.45, 7) is 1.96. The topological polar surface area (TPSA) is 78.7 Å². The molecule has 2 aromatic rings. The Morgan fingerprint density at radius 3 is 2.32 bits per heavy atom. The second-order valence-electron chi connectivity index (χ2n) is 4.41. The van der Waals surface area contributed by atoms with E-state index in [4.69, 9.17) is 9.47 Å². The highest BCUT2D eigenvalue weighted by atomic mass is 16.6. The number of esters is 1. The Balaban J connectivity index is 2.22. The first-order chi connectivity index (χ1) is 10.6. The van der Waals surface area contributed by atoms with Crippen molar-refractivity contribution >= 4 is 11.7 Å². The van der Waals surface area contributed by atoms with Gasteiger partial charge in [0, 0.05) is 17.7 Å². The monoisotopic (exact) mass is 301 g/mol. The van der Waals surface area contributed by atoms with Crippen LogP contribution in [0.3, 0.4) is 0 Å². The highest BCUT2D eigenvalue weighted by Gasteiger charge is 2.24. The second-order valence-corrected chi connectivity index (χ2v) is 4.41. The molecule has 0 spiro atoms. The molecule has 22 heavy (non-hydrogen) atoms. The van der Waals surface area contributed by atoms with Crippen molar-refractivity contribution in [2.24, 2.45) is 0 Å². The maximum Gasteiger partial charge on any atom is 0.352 e. The van der Waals surface area contributed by atoms with Crippen molar-refractivity contribution in [2.75, 3.05) is 6.61 Å². The minimum absolute atomic E-state index is 0.0419. The standard InChI is InChI=1S/C16H15NO5/c1-2-21-16(18)15(12-6-4-3-5-7-12)22-14-10-8-13(9-11-14)17(19)20/h3-11,15H,2H2,1H3/t15-/m0/s1. The molecule has 0 unspecified atom stereocenters. The number of nitro groups is 1. The van der Waals surface area contributed by atoms with E-state index in [1.807, 2.05) is 6.07 Å². The molecule has 2 aromatic carbocycles. The Bertz CT molecular complexity index is 639. The van der Waals surface area contributed by atoms with Crippen LogP contribution in [-0.2, 0) is 9.53 Å². The van der Waals surface area contributed by atoms with E-state index in [-0.39, 0.29) is 12.3 Å². The summed E-state index contributed by atoms with van der Waals surface area (Å²) in [6, 6.07) is 14.5. The molecule has 114 valence electrons. The van der Waals surface area contributed by atoms with E-state index in [9.17, 15) is 14.9 Å². The van der Waals surface area contributed by atoms with Gasteiger partial charge in [0.25, 0.3) is 5.69 Å². The summed E-state index contributed by atoms with van der Waals surface area (Å²) >= 11 is 0. The average molecular weight is 301 g/mol. The van der Waals surface area contributed by atoms with Gasteiger partial charge in [0.2, 0.25) is 6.10 Å². The Kier molecular flexibility index (Phi) is 5.08. The number of rotatable bonds is 6. The Hall–Kier alpha value is -2.89. The van der Waals surface area contributed by atoms with Gasteiger partial charge in [-0.05, 0) is 19.1 Å². The van der Waals surface area contributed by atoms with Crippen LogP contribution in [0.5, 0.6) is 5.75 Å². The van der Waals surface area contributed by atoms with E-state index in [0.29, 0.717) is 11.3 Å². The molecule has 0 aromatic heterocycles. The van der Waals surface area contributed by atoms with Gasteiger partial charge in [0.1, 0.15) is 5.75 Å². The molecule has 0 aliphatic heterocycles. The molecule has 0 N–H and O–H groups in total. The zero-order chi connectivity index (χ0) is 15.9. The number of carbonyl (C=O) groups is 1. The molecular weight excluding hydrogens is 286 g/mol. The van der Waals surface area contributed by atoms with Gasteiger partial charge in [-0.3, -0.25) is 10.1 Å². The van der Waals surface area contributed by atoms with Crippen LogP contribution in [0.15, 0.2) is 54.6 Å². The third-order valence-electron chi connectivity index (χ3n) is 2.90. The summed E-state index contributed by atoms with van der Waals surface area (Å²) in [6.07, 6.45) is -0.914. The van der Waals surface area contributed by atoms with Crippen molar-refractivity contribution in [3.63, 3.8) is 0 Å². The Morgan fingerprint density at radius 1 is 1.14 bits per heavy atom. The van der Waals surface area contributed by atoms with Crippen molar-refractivity contribution in [2.45, 2.75) is 13.0 Å². The van der Waals surface area contributed by atoms with Crippen LogP contribution < -0.4 is 4.74 Å². The minimum atomic E-state index is -0.914. The van der Waals surface area contributed by atoms with Gasteiger partial charge >= 0.3 is 5.97 Å². The lowest BCUT2D eigenvalue weighted by Gasteiger charge is -2.17. The van der Waals surface area contributed by atoms with Crippen molar-refractivity contribution < 1.29 is 19.2 Å². The SMILES string of the molecule is CCOC(=O)[C@@H](Oc1ccc([N+](=O)[O-])cc1)c1ccccc1. The van der Waals surface area contributed by atoms with Gasteiger partial charge in [-0.15, -0.1) is 0 Å². The Labute approximate surface area is 127 Å². The second kappa shape index (κ2) is 7.21. The van der Waals surface area contributed by atoms with Gasteiger partial charge in [0.15, 0.2) is 0 Å². The summed E-state index contributed by atoms with van der Waals surface area (Å²) in [5.41, 5.74) is 0.610. The first-order valence-electron chi connectivity index (χ1n) is 6.74. The van der Waals surface area contributed by atoms with Gasteiger partial charge in [0.05, 0.1) is 11.5 Å². The lowest BCUT2D eigenvalue weighted by Crippen LogP contribution is -2.21. The van der Waals surface area contributed by atoms with Gasteiger partial charge in [-0.2, -0.15) is 0 Å². The number of nitro benzene ring substituents is 1. The fourth-order valence-corrected chi connectivity index (χ4v) is 1.88. The van der Waals surface area contributed by atoms with E-state index < -0.39 is 17.0 Å². The fourth-order valence-electron chi connectivity index (χ4n) is 1.88. The molecule has 0 saturated carbocycles. The van der Waals surface area contributed by atoms with E-state index in [0.717, 1.165) is 0 Å². The van der Waals surface area contributed by atoms with Crippen LogP contribution in [-0.4, -0.2) is 17.5 Å². The van der Waals surface area contributed by atoms with Crippen molar-refractivity contribution in [1.82, 2.24) is 0 Å². The van der Waals surface area contributed by atoms with Gasteiger partial charge in [-0.25, -0.2) is 4.79 Å². The first kappa shape index (κ1) is 15.5. The van der Waals surface area contributed by atoms with Crippen LogP contribution >= 0.6 is 0 Å². The number of hydrogen-bond acceptors (Lipinski definition) is 5. The van der Waals surface area contributed by atoms with E-state index in [2.05, 4.69) is 0 Å². The molecule has 6 nitrogen and oxygen atoms in total. The molecule has 2 rings (SSSR count). The molecule has 6 heteroatoms. The highest BCUT2D eigenvalue weighted by molar-refractivity contribution is 5.77. The lowest BCUT2D eigenvalue weighted by atomic mass is 10.1. The number of hydrogen-bond donors (Lipinski definition) is 0. The molecule has 0 amide bonds. The zero-order valence-corrected chi connectivity index (χ0v) is 12.0. The smallest absolute Gasteiger partial charge is 0.352 e. The summed E-state index contributed by atoms with van der Waals surface area (Å²) in [5.74, 6) is -0.153. The number of benzene rings is 2. The summed E-state index contributed by atoms with van der Waals surface area (Å²) < 4.78 is 10.7. The van der Waals surface area contributed by atoms with Crippen LogP contribution in [0, 0.1) is 10.1 Å². The predicted molar refractivity (Wildman–Crippen MR) is 79.5 cm³/mol. The molecule has 0 fully saturated rings. The number of ether oxygens (including phenoxy) is 2. The quantitative estimate of drug-likeness (QED) is 0.465. The summed E-state index contributed by atoms with van der Waals surface area (Å²) in [7, 11) is 0.